The van der Waals surface area contributed by atoms with Gasteiger partial charge in [-0.2, -0.15) is 4.98 Å². The molecule has 144 valence electrons. The minimum atomic E-state index is 0.685. The van der Waals surface area contributed by atoms with Crippen molar-refractivity contribution in [2.24, 2.45) is 17.8 Å². The highest BCUT2D eigenvalue weighted by atomic mass is 16.5. The maximum absolute atomic E-state index is 5.63. The number of anilines is 2. The van der Waals surface area contributed by atoms with E-state index in [1.165, 1.54) is 32.1 Å². The van der Waals surface area contributed by atoms with Crippen LogP contribution in [0.3, 0.4) is 0 Å². The van der Waals surface area contributed by atoms with Gasteiger partial charge in [-0.1, -0.05) is 6.42 Å². The van der Waals surface area contributed by atoms with Crippen LogP contribution in [-0.2, 0) is 4.74 Å². The Balaban J connectivity index is 1.43. The van der Waals surface area contributed by atoms with Crippen molar-refractivity contribution in [2.45, 2.75) is 32.1 Å². The molecular weight excluding hydrogens is 328 g/mol. The molecule has 4 rings (SSSR count). The van der Waals surface area contributed by atoms with Crippen molar-refractivity contribution in [3.63, 3.8) is 0 Å². The summed E-state index contributed by atoms with van der Waals surface area (Å²) in [6.07, 6.45) is 7.94. The van der Waals surface area contributed by atoms with E-state index in [2.05, 4.69) is 32.1 Å². The lowest BCUT2D eigenvalue weighted by Gasteiger charge is -2.28. The molecular formula is C19H32N6O. The van der Waals surface area contributed by atoms with Gasteiger partial charge in [0.15, 0.2) is 0 Å². The Morgan fingerprint density at radius 1 is 1.23 bits per heavy atom. The van der Waals surface area contributed by atoms with Crippen molar-refractivity contribution < 1.29 is 4.74 Å². The van der Waals surface area contributed by atoms with Crippen LogP contribution in [-0.4, -0.2) is 67.9 Å². The second-order valence-electron chi connectivity index (χ2n) is 8.15. The predicted molar refractivity (Wildman–Crippen MR) is 103 cm³/mol. The van der Waals surface area contributed by atoms with E-state index in [0.29, 0.717) is 17.8 Å². The first-order valence-electron chi connectivity index (χ1n) is 10.2. The zero-order valence-corrected chi connectivity index (χ0v) is 15.9. The van der Waals surface area contributed by atoms with Gasteiger partial charge in [-0.25, -0.2) is 9.97 Å². The molecule has 0 aromatic carbocycles. The SMILES string of the molecule is CN(CC1CCNC1)c1ncnc(N2CCCCC(C3CCOC3)C2)n1. The van der Waals surface area contributed by atoms with E-state index in [0.717, 1.165) is 57.8 Å². The number of rotatable bonds is 5. The molecule has 0 aliphatic carbocycles. The molecule has 3 fully saturated rings. The molecule has 3 unspecified atom stereocenters. The normalized spacial score (nSPS) is 29.7. The third-order valence-corrected chi connectivity index (χ3v) is 6.20. The summed E-state index contributed by atoms with van der Waals surface area (Å²) in [7, 11) is 2.10. The van der Waals surface area contributed by atoms with Crippen molar-refractivity contribution in [3.05, 3.63) is 6.33 Å². The lowest BCUT2D eigenvalue weighted by atomic mass is 9.88. The van der Waals surface area contributed by atoms with Gasteiger partial charge in [0.25, 0.3) is 0 Å². The zero-order valence-electron chi connectivity index (χ0n) is 15.9. The summed E-state index contributed by atoms with van der Waals surface area (Å²) in [5, 5.41) is 3.43. The highest BCUT2D eigenvalue weighted by Gasteiger charge is 2.30. The average molecular weight is 361 g/mol. The Hall–Kier alpha value is -1.47. The first-order chi connectivity index (χ1) is 12.8. The molecule has 0 bridgehead atoms. The highest BCUT2D eigenvalue weighted by Crippen LogP contribution is 2.30. The van der Waals surface area contributed by atoms with Gasteiger partial charge in [-0.3, -0.25) is 0 Å². The summed E-state index contributed by atoms with van der Waals surface area (Å²) < 4.78 is 5.63. The molecule has 0 amide bonds. The Morgan fingerprint density at radius 2 is 2.19 bits per heavy atom. The summed E-state index contributed by atoms with van der Waals surface area (Å²) in [5.41, 5.74) is 0. The molecule has 1 N–H and O–H groups in total. The van der Waals surface area contributed by atoms with Gasteiger partial charge in [0, 0.05) is 39.9 Å². The monoisotopic (exact) mass is 360 g/mol. The molecule has 4 heterocycles. The smallest absolute Gasteiger partial charge is 0.230 e. The van der Waals surface area contributed by atoms with E-state index >= 15 is 0 Å². The standard InChI is InChI=1S/C19H32N6O/c1-24(11-15-5-7-20-10-15)18-21-14-22-19(23-18)25-8-3-2-4-16(12-25)17-6-9-26-13-17/h14-17,20H,2-13H2,1H3. The number of hydrogen-bond donors (Lipinski definition) is 1. The summed E-state index contributed by atoms with van der Waals surface area (Å²) in [6, 6.07) is 0. The number of nitrogens with zero attached hydrogens (tertiary/aromatic N) is 5. The van der Waals surface area contributed by atoms with E-state index < -0.39 is 0 Å². The lowest BCUT2D eigenvalue weighted by molar-refractivity contribution is 0.171. The van der Waals surface area contributed by atoms with Crippen LogP contribution in [0.5, 0.6) is 0 Å². The first kappa shape index (κ1) is 17.9. The Kier molecular flexibility index (Phi) is 5.84. The van der Waals surface area contributed by atoms with Crippen molar-refractivity contribution in [1.82, 2.24) is 20.3 Å². The van der Waals surface area contributed by atoms with E-state index in [-0.39, 0.29) is 0 Å². The average Bonchev–Trinajstić information content (AvgIpc) is 3.32. The minimum Gasteiger partial charge on any atom is -0.381 e. The van der Waals surface area contributed by atoms with Crippen molar-refractivity contribution in [2.75, 3.05) is 62.8 Å². The van der Waals surface area contributed by atoms with Gasteiger partial charge in [-0.15, -0.1) is 0 Å². The second-order valence-corrected chi connectivity index (χ2v) is 8.15. The van der Waals surface area contributed by atoms with Gasteiger partial charge in [0.05, 0.1) is 0 Å². The van der Waals surface area contributed by atoms with Crippen LogP contribution in [0.25, 0.3) is 0 Å². The van der Waals surface area contributed by atoms with E-state index in [9.17, 15) is 0 Å². The van der Waals surface area contributed by atoms with Crippen LogP contribution in [0.4, 0.5) is 11.9 Å². The molecule has 7 heteroatoms. The zero-order chi connectivity index (χ0) is 17.8. The van der Waals surface area contributed by atoms with Crippen molar-refractivity contribution >= 4 is 11.9 Å². The second kappa shape index (κ2) is 8.48. The fraction of sp³-hybridized carbons (Fsp3) is 0.842. The third-order valence-electron chi connectivity index (χ3n) is 6.20. The maximum Gasteiger partial charge on any atom is 0.230 e. The van der Waals surface area contributed by atoms with Gasteiger partial charge in [0.1, 0.15) is 6.33 Å². The molecule has 0 saturated carbocycles. The number of aromatic nitrogens is 3. The van der Waals surface area contributed by atoms with Crippen LogP contribution in [0, 0.1) is 17.8 Å². The molecule has 3 atom stereocenters. The fourth-order valence-electron chi connectivity index (χ4n) is 4.62. The maximum atomic E-state index is 5.63. The lowest BCUT2D eigenvalue weighted by Crippen LogP contribution is -2.34. The van der Waals surface area contributed by atoms with E-state index in [1.54, 1.807) is 6.33 Å². The van der Waals surface area contributed by atoms with Gasteiger partial charge in [0.2, 0.25) is 11.9 Å². The van der Waals surface area contributed by atoms with Crippen LogP contribution >= 0.6 is 0 Å². The highest BCUT2D eigenvalue weighted by molar-refractivity contribution is 5.37. The molecule has 1 aromatic heterocycles. The molecule has 0 radical (unpaired) electrons. The molecule has 1 aromatic rings. The Labute approximate surface area is 156 Å². The quantitative estimate of drug-likeness (QED) is 0.855. The van der Waals surface area contributed by atoms with Crippen molar-refractivity contribution in [1.29, 1.82) is 0 Å². The Morgan fingerprint density at radius 3 is 3.00 bits per heavy atom. The fourth-order valence-corrected chi connectivity index (χ4v) is 4.62. The minimum absolute atomic E-state index is 0.685. The van der Waals surface area contributed by atoms with Crippen molar-refractivity contribution in [3.8, 4) is 0 Å². The van der Waals surface area contributed by atoms with Gasteiger partial charge < -0.3 is 19.9 Å². The molecule has 3 aliphatic heterocycles. The van der Waals surface area contributed by atoms with Crippen LogP contribution < -0.4 is 15.1 Å². The van der Waals surface area contributed by atoms with Crippen LogP contribution in [0.15, 0.2) is 6.33 Å². The molecule has 7 nitrogen and oxygen atoms in total. The topological polar surface area (TPSA) is 66.4 Å². The number of nitrogens with one attached hydrogen (secondary N) is 1. The summed E-state index contributed by atoms with van der Waals surface area (Å²) in [5.74, 6) is 3.73. The van der Waals surface area contributed by atoms with Gasteiger partial charge in [-0.05, 0) is 56.5 Å². The predicted octanol–water partition coefficient (Wildman–Crippen LogP) is 1.56. The number of ether oxygens (including phenoxy) is 1. The van der Waals surface area contributed by atoms with Crippen LogP contribution in [0.2, 0.25) is 0 Å². The summed E-state index contributed by atoms with van der Waals surface area (Å²) in [6.45, 7) is 7.17. The molecule has 3 saturated heterocycles. The molecule has 0 spiro atoms. The van der Waals surface area contributed by atoms with Gasteiger partial charge >= 0.3 is 0 Å². The van der Waals surface area contributed by atoms with Crippen LogP contribution in [0.1, 0.15) is 32.1 Å². The first-order valence-corrected chi connectivity index (χ1v) is 10.2. The van der Waals surface area contributed by atoms with E-state index in [4.69, 9.17) is 9.72 Å². The van der Waals surface area contributed by atoms with E-state index in [1.807, 2.05) is 0 Å². The molecule has 26 heavy (non-hydrogen) atoms. The largest absolute Gasteiger partial charge is 0.381 e. The third kappa shape index (κ3) is 4.26. The Bertz CT molecular complexity index is 573. The number of hydrogen-bond acceptors (Lipinski definition) is 7. The summed E-state index contributed by atoms with van der Waals surface area (Å²) >= 11 is 0. The molecule has 3 aliphatic rings. The summed E-state index contributed by atoms with van der Waals surface area (Å²) in [4.78, 5) is 18.3.